The molecule has 2 atom stereocenters. The Morgan fingerprint density at radius 1 is 1.19 bits per heavy atom. The summed E-state index contributed by atoms with van der Waals surface area (Å²) in [6, 6.07) is 5.36. The third kappa shape index (κ3) is 4.96. The van der Waals surface area contributed by atoms with Crippen molar-refractivity contribution in [3.05, 3.63) is 35.6 Å². The average molecular weight is 292 g/mol. The minimum atomic E-state index is -0.377. The number of esters is 1. The molecule has 0 bridgehead atoms. The van der Waals surface area contributed by atoms with Gasteiger partial charge < -0.3 is 4.74 Å². The Hall–Kier alpha value is -1.71. The molecule has 0 aromatic heterocycles. The fourth-order valence-electron chi connectivity index (χ4n) is 2.73. The number of carbonyl (C=O) groups excluding carboxylic acids is 2. The topological polar surface area (TPSA) is 43.4 Å². The zero-order valence-electron chi connectivity index (χ0n) is 12.3. The first-order chi connectivity index (χ1) is 10.0. The highest BCUT2D eigenvalue weighted by atomic mass is 19.1. The summed E-state index contributed by atoms with van der Waals surface area (Å²) in [5.41, 5.74) is 0.426. The van der Waals surface area contributed by atoms with Crippen LogP contribution in [0.25, 0.3) is 0 Å². The van der Waals surface area contributed by atoms with Gasteiger partial charge in [-0.1, -0.05) is 13.3 Å². The molecule has 1 fully saturated rings. The Kier molecular flexibility index (Phi) is 5.48. The van der Waals surface area contributed by atoms with Gasteiger partial charge >= 0.3 is 5.97 Å². The van der Waals surface area contributed by atoms with Crippen LogP contribution in [0.4, 0.5) is 4.39 Å². The minimum absolute atomic E-state index is 0.00201. The minimum Gasteiger partial charge on any atom is -0.462 e. The van der Waals surface area contributed by atoms with E-state index in [4.69, 9.17) is 4.74 Å². The summed E-state index contributed by atoms with van der Waals surface area (Å²) in [4.78, 5) is 23.6. The molecule has 0 amide bonds. The van der Waals surface area contributed by atoms with Gasteiger partial charge in [0.15, 0.2) is 5.78 Å². The molecule has 2 unspecified atom stereocenters. The van der Waals surface area contributed by atoms with E-state index in [0.29, 0.717) is 11.5 Å². The second kappa shape index (κ2) is 7.34. The Morgan fingerprint density at radius 2 is 1.90 bits per heavy atom. The monoisotopic (exact) mass is 292 g/mol. The van der Waals surface area contributed by atoms with Crippen molar-refractivity contribution >= 4 is 11.8 Å². The normalized spacial score (nSPS) is 21.8. The summed E-state index contributed by atoms with van der Waals surface area (Å²) in [6.07, 6.45) is 4.31. The number of benzene rings is 1. The molecule has 21 heavy (non-hydrogen) atoms. The first kappa shape index (κ1) is 15.7. The van der Waals surface area contributed by atoms with Gasteiger partial charge in [-0.15, -0.1) is 0 Å². The molecule has 1 saturated carbocycles. The van der Waals surface area contributed by atoms with Crippen LogP contribution >= 0.6 is 0 Å². The fourth-order valence-corrected chi connectivity index (χ4v) is 2.73. The van der Waals surface area contributed by atoms with Crippen molar-refractivity contribution in [3.63, 3.8) is 0 Å². The van der Waals surface area contributed by atoms with E-state index in [9.17, 15) is 14.0 Å². The molecule has 1 aliphatic carbocycles. The summed E-state index contributed by atoms with van der Waals surface area (Å²) in [7, 11) is 0. The number of carbonyl (C=O) groups is 2. The maximum Gasteiger partial charge on any atom is 0.306 e. The van der Waals surface area contributed by atoms with Gasteiger partial charge in [0.1, 0.15) is 11.9 Å². The number of ketones is 1. The van der Waals surface area contributed by atoms with Crippen molar-refractivity contribution in [2.45, 2.75) is 51.6 Å². The van der Waals surface area contributed by atoms with Crippen molar-refractivity contribution in [1.29, 1.82) is 0 Å². The number of rotatable bonds is 5. The largest absolute Gasteiger partial charge is 0.462 e. The number of Topliss-reactive ketones (excluding diaryl/α,β-unsaturated/α-hetero) is 1. The SMILES string of the molecule is CC1CCCC(OC(=O)CCC(=O)c2ccc(F)cc2)C1. The molecule has 0 aliphatic heterocycles. The van der Waals surface area contributed by atoms with E-state index in [0.717, 1.165) is 19.3 Å². The number of ether oxygens (including phenoxy) is 1. The molecule has 1 aromatic rings. The van der Waals surface area contributed by atoms with Crippen molar-refractivity contribution in [2.24, 2.45) is 5.92 Å². The molecule has 0 N–H and O–H groups in total. The van der Waals surface area contributed by atoms with Crippen LogP contribution in [-0.4, -0.2) is 17.9 Å². The third-order valence-electron chi connectivity index (χ3n) is 3.91. The van der Waals surface area contributed by atoms with E-state index in [-0.39, 0.29) is 36.5 Å². The number of hydrogen-bond donors (Lipinski definition) is 0. The molecule has 0 saturated heterocycles. The molecule has 114 valence electrons. The smallest absolute Gasteiger partial charge is 0.306 e. The van der Waals surface area contributed by atoms with Gasteiger partial charge in [-0.05, 0) is 49.4 Å². The molecule has 1 aliphatic rings. The highest BCUT2D eigenvalue weighted by Crippen LogP contribution is 2.26. The lowest BCUT2D eigenvalue weighted by molar-refractivity contribution is -0.151. The Morgan fingerprint density at radius 3 is 2.57 bits per heavy atom. The van der Waals surface area contributed by atoms with Crippen LogP contribution in [0, 0.1) is 11.7 Å². The second-order valence-electron chi connectivity index (χ2n) is 5.81. The van der Waals surface area contributed by atoms with Crippen molar-refractivity contribution < 1.29 is 18.7 Å². The van der Waals surface area contributed by atoms with Crippen molar-refractivity contribution in [3.8, 4) is 0 Å². The fraction of sp³-hybridized carbons (Fsp3) is 0.529. The molecule has 0 heterocycles. The molecule has 1 aromatic carbocycles. The zero-order valence-corrected chi connectivity index (χ0v) is 12.3. The van der Waals surface area contributed by atoms with Gasteiger partial charge in [0.2, 0.25) is 0 Å². The van der Waals surface area contributed by atoms with E-state index in [1.165, 1.54) is 30.7 Å². The van der Waals surface area contributed by atoms with Crippen LogP contribution in [-0.2, 0) is 9.53 Å². The molecule has 0 spiro atoms. The van der Waals surface area contributed by atoms with Gasteiger partial charge in [-0.25, -0.2) is 4.39 Å². The van der Waals surface area contributed by atoms with Crippen LogP contribution in [0.15, 0.2) is 24.3 Å². The van der Waals surface area contributed by atoms with Gasteiger partial charge in [0, 0.05) is 12.0 Å². The zero-order chi connectivity index (χ0) is 15.2. The lowest BCUT2D eigenvalue weighted by Crippen LogP contribution is -2.24. The van der Waals surface area contributed by atoms with E-state index in [1.54, 1.807) is 0 Å². The average Bonchev–Trinajstić information content (AvgIpc) is 2.45. The van der Waals surface area contributed by atoms with E-state index in [2.05, 4.69) is 6.92 Å². The lowest BCUT2D eigenvalue weighted by atomic mass is 9.89. The van der Waals surface area contributed by atoms with Crippen LogP contribution in [0.3, 0.4) is 0 Å². The summed E-state index contributed by atoms with van der Waals surface area (Å²) in [6.45, 7) is 2.16. The lowest BCUT2D eigenvalue weighted by Gasteiger charge is -2.26. The van der Waals surface area contributed by atoms with Crippen molar-refractivity contribution in [2.75, 3.05) is 0 Å². The van der Waals surface area contributed by atoms with Crippen LogP contribution < -0.4 is 0 Å². The maximum absolute atomic E-state index is 12.8. The second-order valence-corrected chi connectivity index (χ2v) is 5.81. The Balaban J connectivity index is 1.75. The molecule has 2 rings (SSSR count). The molecular weight excluding hydrogens is 271 g/mol. The summed E-state index contributed by atoms with van der Waals surface area (Å²) in [5.74, 6) is -0.261. The Bertz CT molecular complexity index is 495. The Labute approximate surface area is 124 Å². The van der Waals surface area contributed by atoms with Crippen LogP contribution in [0.2, 0.25) is 0 Å². The van der Waals surface area contributed by atoms with E-state index >= 15 is 0 Å². The summed E-state index contributed by atoms with van der Waals surface area (Å²) >= 11 is 0. The van der Waals surface area contributed by atoms with Crippen LogP contribution in [0.1, 0.15) is 55.8 Å². The van der Waals surface area contributed by atoms with E-state index in [1.807, 2.05) is 0 Å². The quantitative estimate of drug-likeness (QED) is 0.610. The standard InChI is InChI=1S/C17H21FO3/c1-12-3-2-4-15(11-12)21-17(20)10-9-16(19)13-5-7-14(18)8-6-13/h5-8,12,15H,2-4,9-11H2,1H3. The molecule has 0 radical (unpaired) electrons. The highest BCUT2D eigenvalue weighted by Gasteiger charge is 2.22. The van der Waals surface area contributed by atoms with Crippen LogP contribution in [0.5, 0.6) is 0 Å². The maximum atomic E-state index is 12.8. The predicted molar refractivity (Wildman–Crippen MR) is 77.5 cm³/mol. The first-order valence-electron chi connectivity index (χ1n) is 7.53. The number of halogens is 1. The summed E-state index contributed by atoms with van der Waals surface area (Å²) < 4.78 is 18.2. The first-order valence-corrected chi connectivity index (χ1v) is 7.53. The third-order valence-corrected chi connectivity index (χ3v) is 3.91. The highest BCUT2D eigenvalue weighted by molar-refractivity contribution is 5.97. The molecule has 4 heteroatoms. The molecule has 3 nitrogen and oxygen atoms in total. The van der Waals surface area contributed by atoms with Gasteiger partial charge in [-0.2, -0.15) is 0 Å². The van der Waals surface area contributed by atoms with Gasteiger partial charge in [0.25, 0.3) is 0 Å². The van der Waals surface area contributed by atoms with Gasteiger partial charge in [0.05, 0.1) is 6.42 Å². The van der Waals surface area contributed by atoms with Gasteiger partial charge in [-0.3, -0.25) is 9.59 Å². The van der Waals surface area contributed by atoms with Crippen molar-refractivity contribution in [1.82, 2.24) is 0 Å². The summed E-state index contributed by atoms with van der Waals surface area (Å²) in [5, 5.41) is 0. The predicted octanol–water partition coefficient (Wildman–Crippen LogP) is 3.91. The molecular formula is C17H21FO3. The number of hydrogen-bond acceptors (Lipinski definition) is 3. The van der Waals surface area contributed by atoms with E-state index < -0.39 is 0 Å².